The van der Waals surface area contributed by atoms with Crippen LogP contribution >= 0.6 is 0 Å². The van der Waals surface area contributed by atoms with Crippen molar-refractivity contribution in [2.24, 2.45) is 0 Å². The van der Waals surface area contributed by atoms with Gasteiger partial charge in [-0.05, 0) is 31.7 Å². The normalized spacial score (nSPS) is 19.6. The molecule has 3 rings (SSSR count). The summed E-state index contributed by atoms with van der Waals surface area (Å²) in [6.07, 6.45) is 4.32. The Kier molecular flexibility index (Phi) is 7.00. The minimum Gasteiger partial charge on any atom is -0.485 e. The van der Waals surface area contributed by atoms with Crippen LogP contribution in [-0.2, 0) is 9.53 Å². The second-order valence-electron chi connectivity index (χ2n) is 7.03. The third-order valence-corrected chi connectivity index (χ3v) is 5.03. The lowest BCUT2D eigenvalue weighted by Gasteiger charge is -2.26. The summed E-state index contributed by atoms with van der Waals surface area (Å²) < 4.78 is 11.4. The Bertz CT molecular complexity index is 642. The fourth-order valence-corrected chi connectivity index (χ4v) is 3.58. The number of carbonyl (C=O) groups excluding carboxylic acids is 1. The number of para-hydroxylation sites is 2. The molecule has 0 radical (unpaired) electrons. The first-order chi connectivity index (χ1) is 13.1. The highest BCUT2D eigenvalue weighted by atomic mass is 16.6. The Hall–Kier alpha value is -2.19. The lowest BCUT2D eigenvalue weighted by atomic mass is 10.2. The SMILES string of the molecule is O=C(CN(CCOc1ccccc1[N+](=O)[O-])CC1CCCO1)N1CCCC1. The van der Waals surface area contributed by atoms with Gasteiger partial charge in [0.05, 0.1) is 17.6 Å². The van der Waals surface area contributed by atoms with Gasteiger partial charge in [0.2, 0.25) is 5.91 Å². The molecule has 2 saturated heterocycles. The number of rotatable bonds is 9. The fraction of sp³-hybridized carbons (Fsp3) is 0.632. The maximum absolute atomic E-state index is 12.5. The van der Waals surface area contributed by atoms with E-state index in [0.29, 0.717) is 19.6 Å². The third kappa shape index (κ3) is 5.64. The molecule has 0 spiro atoms. The minimum atomic E-state index is -0.448. The first-order valence-corrected chi connectivity index (χ1v) is 9.61. The van der Waals surface area contributed by atoms with Gasteiger partial charge in [-0.25, -0.2) is 0 Å². The van der Waals surface area contributed by atoms with Gasteiger partial charge in [0.25, 0.3) is 0 Å². The number of hydrogen-bond acceptors (Lipinski definition) is 6. The van der Waals surface area contributed by atoms with E-state index in [1.54, 1.807) is 18.2 Å². The van der Waals surface area contributed by atoms with Crippen molar-refractivity contribution < 1.29 is 19.2 Å². The van der Waals surface area contributed by atoms with Crippen LogP contribution in [0.3, 0.4) is 0 Å². The Morgan fingerprint density at radius 2 is 2.07 bits per heavy atom. The summed E-state index contributed by atoms with van der Waals surface area (Å²) in [5, 5.41) is 11.1. The molecule has 0 bridgehead atoms. The molecule has 148 valence electrons. The Morgan fingerprint density at radius 1 is 1.30 bits per heavy atom. The first-order valence-electron chi connectivity index (χ1n) is 9.61. The summed E-state index contributed by atoms with van der Waals surface area (Å²) in [5.74, 6) is 0.390. The summed E-state index contributed by atoms with van der Waals surface area (Å²) in [7, 11) is 0. The second kappa shape index (κ2) is 9.66. The van der Waals surface area contributed by atoms with E-state index in [9.17, 15) is 14.9 Å². The highest BCUT2D eigenvalue weighted by molar-refractivity contribution is 5.78. The van der Waals surface area contributed by atoms with Gasteiger partial charge in [-0.3, -0.25) is 19.8 Å². The molecule has 0 aliphatic carbocycles. The molecule has 0 N–H and O–H groups in total. The topological polar surface area (TPSA) is 85.2 Å². The standard InChI is InChI=1S/C19H27N3O5/c23-19(21-9-3-4-10-21)15-20(14-16-6-5-12-26-16)11-13-27-18-8-2-1-7-17(18)22(24)25/h1-2,7-8,16H,3-6,9-15H2. The zero-order valence-electron chi connectivity index (χ0n) is 15.5. The average Bonchev–Trinajstić information content (AvgIpc) is 3.36. The van der Waals surface area contributed by atoms with Crippen LogP contribution in [0, 0.1) is 10.1 Å². The van der Waals surface area contributed by atoms with E-state index < -0.39 is 4.92 Å². The molecular weight excluding hydrogens is 350 g/mol. The molecule has 0 aromatic heterocycles. The van der Waals surface area contributed by atoms with Crippen molar-refractivity contribution in [3.8, 4) is 5.75 Å². The number of likely N-dealkylation sites (tertiary alicyclic amines) is 1. The quantitative estimate of drug-likeness (QED) is 0.484. The molecule has 1 unspecified atom stereocenters. The van der Waals surface area contributed by atoms with Crippen LogP contribution in [-0.4, -0.2) is 72.7 Å². The number of carbonyl (C=O) groups is 1. The maximum atomic E-state index is 12.5. The molecule has 2 aliphatic rings. The van der Waals surface area contributed by atoms with Crippen LogP contribution in [0.1, 0.15) is 25.7 Å². The van der Waals surface area contributed by atoms with E-state index >= 15 is 0 Å². The summed E-state index contributed by atoms with van der Waals surface area (Å²) in [5.41, 5.74) is -0.0451. The van der Waals surface area contributed by atoms with Crippen molar-refractivity contribution in [2.45, 2.75) is 31.8 Å². The first kappa shape index (κ1) is 19.6. The van der Waals surface area contributed by atoms with Crippen molar-refractivity contribution in [3.05, 3.63) is 34.4 Å². The molecule has 1 aromatic rings. The van der Waals surface area contributed by atoms with Crippen molar-refractivity contribution in [1.29, 1.82) is 0 Å². The third-order valence-electron chi connectivity index (χ3n) is 5.03. The minimum absolute atomic E-state index is 0.0451. The van der Waals surface area contributed by atoms with Gasteiger partial charge in [0, 0.05) is 38.9 Å². The molecule has 27 heavy (non-hydrogen) atoms. The summed E-state index contributed by atoms with van der Waals surface area (Å²) in [4.78, 5) is 27.1. The van der Waals surface area contributed by atoms with Crippen molar-refractivity contribution >= 4 is 11.6 Å². The van der Waals surface area contributed by atoms with E-state index in [-0.39, 0.29) is 30.1 Å². The van der Waals surface area contributed by atoms with Crippen LogP contribution in [0.15, 0.2) is 24.3 Å². The van der Waals surface area contributed by atoms with E-state index in [4.69, 9.17) is 9.47 Å². The molecule has 2 fully saturated rings. The molecular formula is C19H27N3O5. The average molecular weight is 377 g/mol. The highest BCUT2D eigenvalue weighted by Gasteiger charge is 2.24. The second-order valence-corrected chi connectivity index (χ2v) is 7.03. The van der Waals surface area contributed by atoms with E-state index in [1.165, 1.54) is 6.07 Å². The van der Waals surface area contributed by atoms with Crippen LogP contribution < -0.4 is 4.74 Å². The molecule has 2 aliphatic heterocycles. The Morgan fingerprint density at radius 3 is 2.78 bits per heavy atom. The van der Waals surface area contributed by atoms with E-state index in [1.807, 2.05) is 9.80 Å². The lowest BCUT2D eigenvalue weighted by Crippen LogP contribution is -2.43. The molecule has 8 heteroatoms. The monoisotopic (exact) mass is 377 g/mol. The lowest BCUT2D eigenvalue weighted by molar-refractivity contribution is -0.385. The van der Waals surface area contributed by atoms with Gasteiger partial charge in [-0.2, -0.15) is 0 Å². The summed E-state index contributed by atoms with van der Waals surface area (Å²) in [6, 6.07) is 6.35. The smallest absolute Gasteiger partial charge is 0.310 e. The number of nitro benzene ring substituents is 1. The van der Waals surface area contributed by atoms with E-state index in [2.05, 4.69) is 0 Å². The molecule has 1 atom stereocenters. The van der Waals surface area contributed by atoms with Gasteiger partial charge >= 0.3 is 5.69 Å². The van der Waals surface area contributed by atoms with Gasteiger partial charge < -0.3 is 14.4 Å². The van der Waals surface area contributed by atoms with Gasteiger partial charge in [-0.15, -0.1) is 0 Å². The molecule has 2 heterocycles. The number of nitrogens with zero attached hydrogens (tertiary/aromatic N) is 3. The van der Waals surface area contributed by atoms with Crippen LogP contribution in [0.25, 0.3) is 0 Å². The fourth-order valence-electron chi connectivity index (χ4n) is 3.58. The largest absolute Gasteiger partial charge is 0.485 e. The van der Waals surface area contributed by atoms with Gasteiger partial charge in [0.1, 0.15) is 6.61 Å². The van der Waals surface area contributed by atoms with Crippen LogP contribution in [0.5, 0.6) is 5.75 Å². The van der Waals surface area contributed by atoms with Crippen molar-refractivity contribution in [2.75, 3.05) is 45.9 Å². The summed E-state index contributed by atoms with van der Waals surface area (Å²) in [6.45, 7) is 4.25. The molecule has 1 aromatic carbocycles. The molecule has 1 amide bonds. The summed E-state index contributed by atoms with van der Waals surface area (Å²) >= 11 is 0. The number of ether oxygens (including phenoxy) is 2. The Labute approximate surface area is 159 Å². The molecule has 8 nitrogen and oxygen atoms in total. The Balaban J connectivity index is 1.55. The predicted molar refractivity (Wildman–Crippen MR) is 99.8 cm³/mol. The number of hydrogen-bond donors (Lipinski definition) is 0. The predicted octanol–water partition coefficient (Wildman–Crippen LogP) is 2.08. The van der Waals surface area contributed by atoms with Gasteiger partial charge in [0.15, 0.2) is 5.75 Å². The van der Waals surface area contributed by atoms with Crippen LogP contribution in [0.4, 0.5) is 5.69 Å². The molecule has 0 saturated carbocycles. The van der Waals surface area contributed by atoms with Gasteiger partial charge in [-0.1, -0.05) is 12.1 Å². The van der Waals surface area contributed by atoms with E-state index in [0.717, 1.165) is 45.4 Å². The highest BCUT2D eigenvalue weighted by Crippen LogP contribution is 2.25. The van der Waals surface area contributed by atoms with Crippen molar-refractivity contribution in [1.82, 2.24) is 9.80 Å². The zero-order chi connectivity index (χ0) is 19.1. The number of amides is 1. The van der Waals surface area contributed by atoms with Crippen molar-refractivity contribution in [3.63, 3.8) is 0 Å². The number of nitro groups is 1. The number of benzene rings is 1. The maximum Gasteiger partial charge on any atom is 0.310 e. The zero-order valence-corrected chi connectivity index (χ0v) is 15.5. The van der Waals surface area contributed by atoms with Crippen LogP contribution in [0.2, 0.25) is 0 Å².